The number of rotatable bonds is 9. The maximum absolute atomic E-state index is 9.00. The molecule has 0 bridgehead atoms. The SMILES string of the molecule is CC(=O)O.CCCCCCCCN(C)C1=NC(C)(C)NC(=NCc2ccc(C)cc2)N1. The van der Waals surface area contributed by atoms with Gasteiger partial charge in [0.05, 0.1) is 6.54 Å². The molecule has 7 nitrogen and oxygen atoms in total. The van der Waals surface area contributed by atoms with Crippen molar-refractivity contribution in [3.8, 4) is 0 Å². The molecule has 0 fully saturated rings. The molecule has 2 rings (SSSR count). The highest BCUT2D eigenvalue weighted by molar-refractivity contribution is 6.00. The molecule has 31 heavy (non-hydrogen) atoms. The second-order valence-corrected chi connectivity index (χ2v) is 8.60. The number of aliphatic imine (C=N–C) groups is 2. The van der Waals surface area contributed by atoms with E-state index in [9.17, 15) is 0 Å². The Hall–Kier alpha value is -2.57. The summed E-state index contributed by atoms with van der Waals surface area (Å²) in [6, 6.07) is 8.52. The van der Waals surface area contributed by atoms with Crippen LogP contribution in [0.5, 0.6) is 0 Å². The smallest absolute Gasteiger partial charge is 0.300 e. The van der Waals surface area contributed by atoms with E-state index in [0.717, 1.165) is 25.4 Å². The van der Waals surface area contributed by atoms with Crippen LogP contribution in [0.15, 0.2) is 34.3 Å². The molecule has 1 heterocycles. The van der Waals surface area contributed by atoms with Crippen LogP contribution in [0.1, 0.15) is 77.3 Å². The number of nitrogens with zero attached hydrogens (tertiary/aromatic N) is 3. The lowest BCUT2D eigenvalue weighted by Crippen LogP contribution is -2.59. The van der Waals surface area contributed by atoms with Gasteiger partial charge in [0, 0.05) is 20.5 Å². The van der Waals surface area contributed by atoms with Gasteiger partial charge in [-0.2, -0.15) is 0 Å². The summed E-state index contributed by atoms with van der Waals surface area (Å²) >= 11 is 0. The van der Waals surface area contributed by atoms with Crippen LogP contribution in [0.2, 0.25) is 0 Å². The van der Waals surface area contributed by atoms with Gasteiger partial charge in [-0.3, -0.25) is 10.1 Å². The highest BCUT2D eigenvalue weighted by atomic mass is 16.4. The van der Waals surface area contributed by atoms with E-state index in [0.29, 0.717) is 6.54 Å². The Morgan fingerprint density at radius 1 is 1.13 bits per heavy atom. The van der Waals surface area contributed by atoms with Crippen LogP contribution in [0.25, 0.3) is 0 Å². The minimum Gasteiger partial charge on any atom is -0.481 e. The maximum Gasteiger partial charge on any atom is 0.300 e. The second-order valence-electron chi connectivity index (χ2n) is 8.60. The molecule has 3 N–H and O–H groups in total. The summed E-state index contributed by atoms with van der Waals surface area (Å²) in [7, 11) is 2.11. The molecule has 0 atom stereocenters. The summed E-state index contributed by atoms with van der Waals surface area (Å²) in [5.41, 5.74) is 2.12. The fraction of sp³-hybridized carbons (Fsp3) is 0.625. The van der Waals surface area contributed by atoms with Crippen LogP contribution in [0.4, 0.5) is 0 Å². The summed E-state index contributed by atoms with van der Waals surface area (Å²) < 4.78 is 0. The van der Waals surface area contributed by atoms with Gasteiger partial charge in [0.1, 0.15) is 5.66 Å². The Kier molecular flexibility index (Phi) is 11.7. The Morgan fingerprint density at radius 2 is 1.71 bits per heavy atom. The summed E-state index contributed by atoms with van der Waals surface area (Å²) in [4.78, 5) is 20.7. The minimum absolute atomic E-state index is 0.359. The molecular formula is C24H41N5O2. The maximum atomic E-state index is 9.00. The zero-order valence-corrected chi connectivity index (χ0v) is 20.2. The predicted octanol–water partition coefficient (Wildman–Crippen LogP) is 4.52. The van der Waals surface area contributed by atoms with Gasteiger partial charge in [0.15, 0.2) is 5.96 Å². The minimum atomic E-state index is -0.833. The van der Waals surface area contributed by atoms with Crippen molar-refractivity contribution in [1.29, 1.82) is 0 Å². The number of guanidine groups is 2. The van der Waals surface area contributed by atoms with Gasteiger partial charge in [-0.05, 0) is 32.8 Å². The summed E-state index contributed by atoms with van der Waals surface area (Å²) in [5.74, 6) is 0.857. The number of aliphatic carboxylic acids is 1. The van der Waals surface area contributed by atoms with Gasteiger partial charge in [-0.25, -0.2) is 9.98 Å². The molecule has 0 saturated heterocycles. The lowest BCUT2D eigenvalue weighted by molar-refractivity contribution is -0.134. The van der Waals surface area contributed by atoms with Gasteiger partial charge in [-0.15, -0.1) is 0 Å². The average molecular weight is 432 g/mol. The van der Waals surface area contributed by atoms with Crippen LogP contribution in [-0.2, 0) is 11.3 Å². The fourth-order valence-electron chi connectivity index (χ4n) is 3.11. The molecule has 0 aliphatic carbocycles. The normalized spacial score (nSPS) is 15.8. The van der Waals surface area contributed by atoms with E-state index in [-0.39, 0.29) is 5.66 Å². The molecule has 0 unspecified atom stereocenters. The van der Waals surface area contributed by atoms with Gasteiger partial charge in [0.2, 0.25) is 5.96 Å². The van der Waals surface area contributed by atoms with E-state index >= 15 is 0 Å². The third-order valence-electron chi connectivity index (χ3n) is 4.79. The molecule has 1 aromatic rings. The van der Waals surface area contributed by atoms with Crippen molar-refractivity contribution in [3.63, 3.8) is 0 Å². The lowest BCUT2D eigenvalue weighted by Gasteiger charge is -2.34. The highest BCUT2D eigenvalue weighted by Crippen LogP contribution is 2.11. The molecule has 1 aromatic carbocycles. The van der Waals surface area contributed by atoms with Crippen molar-refractivity contribution in [3.05, 3.63) is 35.4 Å². The number of unbranched alkanes of at least 4 members (excludes halogenated alkanes) is 5. The molecule has 1 aliphatic rings. The fourth-order valence-corrected chi connectivity index (χ4v) is 3.11. The van der Waals surface area contributed by atoms with Crippen LogP contribution in [-0.4, -0.2) is 47.2 Å². The molecule has 0 aromatic heterocycles. The van der Waals surface area contributed by atoms with Crippen molar-refractivity contribution in [2.24, 2.45) is 9.98 Å². The lowest BCUT2D eigenvalue weighted by atomic mass is 10.1. The molecule has 0 spiro atoms. The first kappa shape index (κ1) is 26.5. The largest absolute Gasteiger partial charge is 0.481 e. The number of nitrogens with one attached hydrogen (secondary N) is 2. The molecular weight excluding hydrogens is 390 g/mol. The van der Waals surface area contributed by atoms with Crippen molar-refractivity contribution < 1.29 is 9.90 Å². The van der Waals surface area contributed by atoms with Crippen molar-refractivity contribution in [2.45, 2.75) is 85.4 Å². The first-order valence-electron chi connectivity index (χ1n) is 11.3. The number of carbonyl (C=O) groups is 1. The quantitative estimate of drug-likeness (QED) is 0.500. The van der Waals surface area contributed by atoms with Crippen LogP contribution < -0.4 is 10.6 Å². The predicted molar refractivity (Wildman–Crippen MR) is 129 cm³/mol. The van der Waals surface area contributed by atoms with Crippen LogP contribution in [0.3, 0.4) is 0 Å². The number of hydrogen-bond acceptors (Lipinski definition) is 4. The summed E-state index contributed by atoms with van der Waals surface area (Å²) in [5, 5.41) is 14.2. The molecule has 0 saturated carbocycles. The van der Waals surface area contributed by atoms with Crippen molar-refractivity contribution >= 4 is 17.9 Å². The topological polar surface area (TPSA) is 89.3 Å². The number of aryl methyl sites for hydroxylation is 1. The van der Waals surface area contributed by atoms with E-state index in [2.05, 4.69) is 74.5 Å². The standard InChI is InChI=1S/C22H37N5.C2H4O2/c1-6-7-8-9-10-11-16-27(5)21-24-20(25-22(3,4)26-21)23-17-19-14-12-18(2)13-15-19;1-2(3)4/h12-15H,6-11,16-17H2,1-5H3,(H2,23,24,25,26);1H3,(H,3,4). The number of benzene rings is 1. The second kappa shape index (κ2) is 13.7. The first-order valence-corrected chi connectivity index (χ1v) is 11.3. The Labute approximate surface area is 188 Å². The van der Waals surface area contributed by atoms with E-state index in [1.807, 2.05) is 0 Å². The summed E-state index contributed by atoms with van der Waals surface area (Å²) in [6.07, 6.45) is 7.82. The van der Waals surface area contributed by atoms with E-state index in [4.69, 9.17) is 19.9 Å². The Bertz CT molecular complexity index is 722. The highest BCUT2D eigenvalue weighted by Gasteiger charge is 2.26. The van der Waals surface area contributed by atoms with Crippen LogP contribution in [0, 0.1) is 6.92 Å². The van der Waals surface area contributed by atoms with Gasteiger partial charge < -0.3 is 15.3 Å². The average Bonchev–Trinajstić information content (AvgIpc) is 2.68. The number of hydrogen-bond donors (Lipinski definition) is 3. The Morgan fingerprint density at radius 3 is 2.32 bits per heavy atom. The molecule has 1 aliphatic heterocycles. The molecule has 7 heteroatoms. The van der Waals surface area contributed by atoms with Gasteiger partial charge >= 0.3 is 0 Å². The van der Waals surface area contributed by atoms with Crippen LogP contribution >= 0.6 is 0 Å². The van der Waals surface area contributed by atoms with E-state index in [1.54, 1.807) is 0 Å². The third kappa shape index (κ3) is 12.0. The Balaban J connectivity index is 0.00000110. The van der Waals surface area contributed by atoms with Crippen molar-refractivity contribution in [1.82, 2.24) is 15.5 Å². The van der Waals surface area contributed by atoms with Crippen molar-refractivity contribution in [2.75, 3.05) is 13.6 Å². The number of carboxylic acids is 1. The summed E-state index contributed by atoms with van der Waals surface area (Å²) in [6.45, 7) is 11.3. The van der Waals surface area contributed by atoms with Gasteiger partial charge in [-0.1, -0.05) is 68.9 Å². The van der Waals surface area contributed by atoms with Gasteiger partial charge in [0.25, 0.3) is 5.97 Å². The molecule has 0 amide bonds. The molecule has 0 radical (unpaired) electrons. The monoisotopic (exact) mass is 431 g/mol. The molecule has 174 valence electrons. The van der Waals surface area contributed by atoms with E-state index in [1.165, 1.54) is 49.7 Å². The zero-order valence-electron chi connectivity index (χ0n) is 20.2. The van der Waals surface area contributed by atoms with E-state index < -0.39 is 5.97 Å². The zero-order chi connectivity index (χ0) is 23.3. The number of carboxylic acid groups (broad SMARTS) is 1. The first-order chi connectivity index (χ1) is 14.6. The third-order valence-corrected chi connectivity index (χ3v) is 4.79.